The van der Waals surface area contributed by atoms with Crippen molar-refractivity contribution >= 4 is 27.7 Å². The molecular formula is C18H18N2O2. The average molecular weight is 294 g/mol. The summed E-state index contributed by atoms with van der Waals surface area (Å²) in [7, 11) is 0. The van der Waals surface area contributed by atoms with Crippen LogP contribution < -0.4 is 5.32 Å². The number of carbonyl (C=O) groups excluding carboxylic acids is 1. The number of aliphatic hydroxyl groups excluding tert-OH is 1. The van der Waals surface area contributed by atoms with Crippen LogP contribution in [-0.4, -0.2) is 22.2 Å². The fraction of sp³-hybridized carbons (Fsp3) is 0.278. The van der Waals surface area contributed by atoms with Crippen molar-refractivity contribution in [2.45, 2.75) is 26.4 Å². The topological polar surface area (TPSA) is 54.3 Å². The summed E-state index contributed by atoms with van der Waals surface area (Å²) in [6.45, 7) is 3.55. The molecule has 1 amide bonds. The molecule has 0 fully saturated rings. The lowest BCUT2D eigenvalue weighted by Gasteiger charge is -2.08. The monoisotopic (exact) mass is 294 g/mol. The average Bonchev–Trinajstić information content (AvgIpc) is 3.04. The van der Waals surface area contributed by atoms with E-state index in [1.807, 2.05) is 19.1 Å². The van der Waals surface area contributed by atoms with Gasteiger partial charge in [-0.25, -0.2) is 0 Å². The van der Waals surface area contributed by atoms with Gasteiger partial charge in [-0.3, -0.25) is 4.79 Å². The van der Waals surface area contributed by atoms with Crippen LogP contribution in [0.15, 0.2) is 30.3 Å². The van der Waals surface area contributed by atoms with Gasteiger partial charge in [-0.15, -0.1) is 0 Å². The van der Waals surface area contributed by atoms with Gasteiger partial charge in [0.15, 0.2) is 0 Å². The first-order valence-corrected chi connectivity index (χ1v) is 7.65. The molecule has 4 heteroatoms. The number of amides is 1. The van der Waals surface area contributed by atoms with Crippen molar-refractivity contribution in [1.82, 2.24) is 9.88 Å². The molecule has 22 heavy (non-hydrogen) atoms. The number of rotatable bonds is 3. The molecular weight excluding hydrogens is 276 g/mol. The number of nitrogens with one attached hydrogen (secondary N) is 1. The molecule has 3 aromatic rings. The molecule has 2 aromatic carbocycles. The molecule has 4 nitrogen and oxygen atoms in total. The van der Waals surface area contributed by atoms with Gasteiger partial charge in [0.2, 0.25) is 0 Å². The molecule has 0 radical (unpaired) electrons. The van der Waals surface area contributed by atoms with Crippen LogP contribution >= 0.6 is 0 Å². The van der Waals surface area contributed by atoms with Crippen molar-refractivity contribution in [3.63, 3.8) is 0 Å². The van der Waals surface area contributed by atoms with Gasteiger partial charge in [0.05, 0.1) is 0 Å². The van der Waals surface area contributed by atoms with Crippen LogP contribution in [-0.2, 0) is 13.1 Å². The molecule has 0 spiro atoms. The molecule has 0 bridgehead atoms. The Kier molecular flexibility index (Phi) is 2.94. The van der Waals surface area contributed by atoms with Gasteiger partial charge < -0.3 is 15.0 Å². The zero-order valence-corrected chi connectivity index (χ0v) is 12.5. The molecule has 0 saturated carbocycles. The molecule has 2 N–H and O–H groups in total. The first-order chi connectivity index (χ1) is 10.7. The number of nitrogens with zero attached hydrogens (tertiary/aromatic N) is 1. The van der Waals surface area contributed by atoms with Gasteiger partial charge in [-0.1, -0.05) is 18.2 Å². The first-order valence-electron chi connectivity index (χ1n) is 7.65. The minimum atomic E-state index is 0.0292. The van der Waals surface area contributed by atoms with E-state index in [0.717, 1.165) is 40.7 Å². The second kappa shape index (κ2) is 4.85. The van der Waals surface area contributed by atoms with E-state index >= 15 is 0 Å². The molecule has 1 aliphatic rings. The van der Waals surface area contributed by atoms with Gasteiger partial charge in [-0.05, 0) is 36.6 Å². The summed E-state index contributed by atoms with van der Waals surface area (Å²) >= 11 is 0. The lowest BCUT2D eigenvalue weighted by molar-refractivity contribution is 0.0965. The Morgan fingerprint density at radius 3 is 2.91 bits per heavy atom. The summed E-state index contributed by atoms with van der Waals surface area (Å²) in [6.07, 6.45) is 0.723. The first kappa shape index (κ1) is 13.3. The Morgan fingerprint density at radius 1 is 1.27 bits per heavy atom. The zero-order chi connectivity index (χ0) is 15.3. The Morgan fingerprint density at radius 2 is 2.09 bits per heavy atom. The predicted molar refractivity (Wildman–Crippen MR) is 87.1 cm³/mol. The minimum absolute atomic E-state index is 0.0292. The molecule has 0 unspecified atom stereocenters. The van der Waals surface area contributed by atoms with Gasteiger partial charge >= 0.3 is 0 Å². The van der Waals surface area contributed by atoms with E-state index in [2.05, 4.69) is 28.1 Å². The summed E-state index contributed by atoms with van der Waals surface area (Å²) in [5.41, 5.74) is 5.28. The number of hydrogen-bond acceptors (Lipinski definition) is 2. The number of para-hydroxylation sites is 1. The van der Waals surface area contributed by atoms with Crippen LogP contribution in [0.3, 0.4) is 0 Å². The molecule has 1 aliphatic heterocycles. The quantitative estimate of drug-likeness (QED) is 0.780. The molecule has 2 heterocycles. The van der Waals surface area contributed by atoms with Gasteiger partial charge in [-0.2, -0.15) is 0 Å². The van der Waals surface area contributed by atoms with Crippen LogP contribution in [0.2, 0.25) is 0 Å². The normalized spacial score (nSPS) is 13.8. The van der Waals surface area contributed by atoms with Crippen molar-refractivity contribution in [3.8, 4) is 0 Å². The third kappa shape index (κ3) is 1.70. The fourth-order valence-corrected chi connectivity index (χ4v) is 3.65. The van der Waals surface area contributed by atoms with Crippen LogP contribution in [0.25, 0.3) is 21.8 Å². The predicted octanol–water partition coefficient (Wildman–Crippen LogP) is 2.73. The number of benzene rings is 2. The third-order valence-corrected chi connectivity index (χ3v) is 4.55. The highest BCUT2D eigenvalue weighted by Gasteiger charge is 2.26. The Hall–Kier alpha value is -2.33. The lowest BCUT2D eigenvalue weighted by Crippen LogP contribution is -2.13. The molecule has 112 valence electrons. The fourth-order valence-electron chi connectivity index (χ4n) is 3.65. The number of fused-ring (bicyclic) bond motifs is 5. The maximum atomic E-state index is 12.1. The smallest absolute Gasteiger partial charge is 0.252 e. The van der Waals surface area contributed by atoms with Crippen LogP contribution in [0.4, 0.5) is 0 Å². The Labute approximate surface area is 128 Å². The zero-order valence-electron chi connectivity index (χ0n) is 12.5. The van der Waals surface area contributed by atoms with E-state index in [-0.39, 0.29) is 12.5 Å². The highest BCUT2D eigenvalue weighted by atomic mass is 16.3. The Balaban J connectivity index is 2.14. The second-order valence-electron chi connectivity index (χ2n) is 5.87. The number of aliphatic hydroxyl groups is 1. The van der Waals surface area contributed by atoms with Crippen molar-refractivity contribution in [2.24, 2.45) is 0 Å². The van der Waals surface area contributed by atoms with E-state index < -0.39 is 0 Å². The Bertz CT molecular complexity index is 908. The van der Waals surface area contributed by atoms with Gasteiger partial charge in [0, 0.05) is 47.1 Å². The van der Waals surface area contributed by atoms with Gasteiger partial charge in [0.1, 0.15) is 0 Å². The molecule has 1 aromatic heterocycles. The van der Waals surface area contributed by atoms with Crippen LogP contribution in [0.5, 0.6) is 0 Å². The molecule has 0 aliphatic carbocycles. The largest absolute Gasteiger partial charge is 0.396 e. The van der Waals surface area contributed by atoms with Crippen LogP contribution in [0, 0.1) is 6.92 Å². The van der Waals surface area contributed by atoms with Crippen LogP contribution in [0.1, 0.15) is 27.9 Å². The highest BCUT2D eigenvalue weighted by Crippen LogP contribution is 2.36. The van der Waals surface area contributed by atoms with E-state index in [1.54, 1.807) is 0 Å². The maximum Gasteiger partial charge on any atom is 0.252 e. The van der Waals surface area contributed by atoms with Crippen molar-refractivity contribution in [1.29, 1.82) is 0 Å². The summed E-state index contributed by atoms with van der Waals surface area (Å²) < 4.78 is 2.26. The van der Waals surface area contributed by atoms with Crippen molar-refractivity contribution < 1.29 is 9.90 Å². The molecule has 0 saturated heterocycles. The standard InChI is InChI=1S/C18H18N2O2/c1-11-9-15-17(13-10-19-18(22)16(11)13)12-5-2-3-6-14(12)20(15)7-4-8-21/h2-3,5-6,9,21H,4,7-8,10H2,1H3,(H,19,22). The number of aryl methyl sites for hydroxylation is 2. The number of hydrogen-bond donors (Lipinski definition) is 2. The number of aromatic nitrogens is 1. The third-order valence-electron chi connectivity index (χ3n) is 4.55. The molecule has 4 rings (SSSR count). The molecule has 0 atom stereocenters. The van der Waals surface area contributed by atoms with E-state index in [1.165, 1.54) is 10.8 Å². The van der Waals surface area contributed by atoms with E-state index in [4.69, 9.17) is 0 Å². The number of carbonyl (C=O) groups is 1. The van der Waals surface area contributed by atoms with Crippen molar-refractivity contribution in [3.05, 3.63) is 47.0 Å². The van der Waals surface area contributed by atoms with E-state index in [9.17, 15) is 9.90 Å². The second-order valence-corrected chi connectivity index (χ2v) is 5.87. The van der Waals surface area contributed by atoms with E-state index in [0.29, 0.717) is 6.54 Å². The summed E-state index contributed by atoms with van der Waals surface area (Å²) in [6, 6.07) is 10.4. The highest BCUT2D eigenvalue weighted by molar-refractivity contribution is 6.15. The summed E-state index contributed by atoms with van der Waals surface area (Å²) in [5, 5.41) is 14.5. The summed E-state index contributed by atoms with van der Waals surface area (Å²) in [4.78, 5) is 12.1. The van der Waals surface area contributed by atoms with Crippen molar-refractivity contribution in [2.75, 3.05) is 6.61 Å². The minimum Gasteiger partial charge on any atom is -0.396 e. The summed E-state index contributed by atoms with van der Waals surface area (Å²) in [5.74, 6) is 0.0292. The van der Waals surface area contributed by atoms with Gasteiger partial charge in [0.25, 0.3) is 5.91 Å². The SMILES string of the molecule is Cc1cc2c(c3c1C(=O)NC3)c1ccccc1n2CCCO. The lowest BCUT2D eigenvalue weighted by atomic mass is 9.98. The maximum absolute atomic E-state index is 12.1.